The number of hydrogen-bond acceptors (Lipinski definition) is 7. The van der Waals surface area contributed by atoms with Gasteiger partial charge in [-0.2, -0.15) is 21.0 Å². The standard InChI is InChI=1S/C63H32N10/c1-68-50-18-10-17-44(29-50)46-21-26-59-55(32-46)54-31-45(43-16-9-11-39(27-43)35-64)20-25-58(54)73(59)60-56(52-23-19-40(36-65)28-48(52)37-66)33-47(34-57(60)53-24-22-51(69-2)30-49(53)38-67)63-71-61(41-12-5-3-6-13-41)70-62(72-63)42-14-7-4-8-15-42/h3-34H. The highest BCUT2D eigenvalue weighted by molar-refractivity contribution is 6.13. The zero-order chi connectivity index (χ0) is 50.0. The first-order chi connectivity index (χ1) is 35.9. The fourth-order valence-corrected chi connectivity index (χ4v) is 9.37. The molecule has 73 heavy (non-hydrogen) atoms. The molecule has 0 spiro atoms. The van der Waals surface area contributed by atoms with Gasteiger partial charge in [0.1, 0.15) is 0 Å². The molecule has 11 aromatic rings. The third-order valence-electron chi connectivity index (χ3n) is 12.8. The molecule has 10 nitrogen and oxygen atoms in total. The second-order valence-corrected chi connectivity index (χ2v) is 17.0. The summed E-state index contributed by atoms with van der Waals surface area (Å²) >= 11 is 0. The Labute approximate surface area is 419 Å². The van der Waals surface area contributed by atoms with Gasteiger partial charge in [0.05, 0.1) is 70.8 Å². The molecule has 0 amide bonds. The molecule has 0 N–H and O–H groups in total. The molecule has 0 atom stereocenters. The van der Waals surface area contributed by atoms with Crippen molar-refractivity contribution in [2.75, 3.05) is 0 Å². The number of fused-ring (bicyclic) bond motifs is 3. The van der Waals surface area contributed by atoms with Crippen molar-refractivity contribution in [1.29, 1.82) is 21.0 Å². The SMILES string of the molecule is [C-]#[N+]c1cccc(-c2ccc3c(c2)c2cc(-c4cccc(C#N)c4)ccc2n3-c2c(-c3ccc(C#N)cc3C#N)cc(-c3nc(-c4ccccc4)nc(-c4ccccc4)n3)cc2-c2ccc([N+]#[C-])cc2C#N)c1. The molecule has 0 aliphatic heterocycles. The first-order valence-electron chi connectivity index (χ1n) is 22.9. The van der Waals surface area contributed by atoms with Crippen LogP contribution < -0.4 is 0 Å². The molecular formula is C63H32N10. The maximum absolute atomic E-state index is 10.9. The second kappa shape index (κ2) is 18.7. The highest BCUT2D eigenvalue weighted by Crippen LogP contribution is 2.47. The number of nitriles is 4. The Balaban J connectivity index is 1.31. The number of benzene rings is 9. The van der Waals surface area contributed by atoms with Gasteiger partial charge in [-0.3, -0.25) is 0 Å². The molecule has 0 fully saturated rings. The number of aromatic nitrogens is 4. The lowest BCUT2D eigenvalue weighted by Crippen LogP contribution is -2.05. The van der Waals surface area contributed by atoms with Gasteiger partial charge in [0.15, 0.2) is 28.8 Å². The first-order valence-corrected chi connectivity index (χ1v) is 22.9. The van der Waals surface area contributed by atoms with Crippen LogP contribution in [0.25, 0.3) is 116 Å². The van der Waals surface area contributed by atoms with Crippen LogP contribution in [-0.4, -0.2) is 19.5 Å². The lowest BCUT2D eigenvalue weighted by molar-refractivity contribution is 1.07. The van der Waals surface area contributed by atoms with Crippen LogP contribution in [0, 0.1) is 58.5 Å². The minimum atomic E-state index is 0.236. The monoisotopic (exact) mass is 928 g/mol. The van der Waals surface area contributed by atoms with Gasteiger partial charge in [-0.15, -0.1) is 0 Å². The van der Waals surface area contributed by atoms with Crippen molar-refractivity contribution >= 4 is 33.2 Å². The number of hydrogen-bond donors (Lipinski definition) is 0. The van der Waals surface area contributed by atoms with Gasteiger partial charge >= 0.3 is 0 Å². The fourth-order valence-electron chi connectivity index (χ4n) is 9.37. The van der Waals surface area contributed by atoms with Crippen molar-refractivity contribution < 1.29 is 0 Å². The Morgan fingerprint density at radius 1 is 0.356 bits per heavy atom. The van der Waals surface area contributed by atoms with Crippen molar-refractivity contribution in [2.24, 2.45) is 0 Å². The highest BCUT2D eigenvalue weighted by atomic mass is 15.0. The van der Waals surface area contributed by atoms with Gasteiger partial charge in [0.2, 0.25) is 0 Å². The summed E-state index contributed by atoms with van der Waals surface area (Å²) in [7, 11) is 0. The van der Waals surface area contributed by atoms with Crippen LogP contribution >= 0.6 is 0 Å². The predicted octanol–water partition coefficient (Wildman–Crippen LogP) is 15.2. The largest absolute Gasteiger partial charge is 0.308 e. The summed E-state index contributed by atoms with van der Waals surface area (Å²) in [6.07, 6.45) is 0. The van der Waals surface area contributed by atoms with E-state index >= 15 is 0 Å². The molecule has 0 saturated carbocycles. The van der Waals surface area contributed by atoms with E-state index in [1.165, 1.54) is 0 Å². The molecule has 2 heterocycles. The van der Waals surface area contributed by atoms with Crippen molar-refractivity contribution in [1.82, 2.24) is 19.5 Å². The van der Waals surface area contributed by atoms with Crippen LogP contribution in [-0.2, 0) is 0 Å². The lowest BCUT2D eigenvalue weighted by Gasteiger charge is -2.22. The topological polar surface area (TPSA) is 147 Å². The molecule has 334 valence electrons. The van der Waals surface area contributed by atoms with Crippen LogP contribution in [0.3, 0.4) is 0 Å². The summed E-state index contributed by atoms with van der Waals surface area (Å²) in [6, 6.07) is 69.6. The molecule has 0 bridgehead atoms. The third-order valence-corrected chi connectivity index (χ3v) is 12.8. The van der Waals surface area contributed by atoms with Gasteiger partial charge in [-0.1, -0.05) is 121 Å². The fraction of sp³-hybridized carbons (Fsp3) is 0. The lowest BCUT2D eigenvalue weighted by atomic mass is 9.88. The Morgan fingerprint density at radius 3 is 1.37 bits per heavy atom. The summed E-state index contributed by atoms with van der Waals surface area (Å²) in [6.45, 7) is 15.6. The van der Waals surface area contributed by atoms with E-state index in [2.05, 4.69) is 50.7 Å². The molecule has 10 heteroatoms. The first kappa shape index (κ1) is 44.2. The average molecular weight is 929 g/mol. The average Bonchev–Trinajstić information content (AvgIpc) is 3.79. The van der Waals surface area contributed by atoms with E-state index in [0.29, 0.717) is 67.8 Å². The molecule has 0 aliphatic rings. The van der Waals surface area contributed by atoms with Crippen LogP contribution in [0.5, 0.6) is 0 Å². The molecular weight excluding hydrogens is 897 g/mol. The zero-order valence-corrected chi connectivity index (χ0v) is 38.4. The Kier molecular flexibility index (Phi) is 11.3. The molecule has 0 radical (unpaired) electrons. The maximum Gasteiger partial charge on any atom is 0.188 e. The second-order valence-electron chi connectivity index (χ2n) is 17.0. The minimum absolute atomic E-state index is 0.236. The molecule has 0 saturated heterocycles. The summed E-state index contributed by atoms with van der Waals surface area (Å²) in [5.74, 6) is 1.19. The molecule has 9 aromatic carbocycles. The maximum atomic E-state index is 10.9. The van der Waals surface area contributed by atoms with E-state index in [0.717, 1.165) is 55.2 Å². The van der Waals surface area contributed by atoms with Crippen LogP contribution in [0.15, 0.2) is 194 Å². The van der Waals surface area contributed by atoms with Gasteiger partial charge in [-0.05, 0) is 101 Å². The van der Waals surface area contributed by atoms with Crippen LogP contribution in [0.2, 0.25) is 0 Å². The number of nitrogens with zero attached hydrogens (tertiary/aromatic N) is 10. The van der Waals surface area contributed by atoms with E-state index < -0.39 is 0 Å². The summed E-state index contributed by atoms with van der Waals surface area (Å²) in [5, 5.41) is 43.6. The highest BCUT2D eigenvalue weighted by Gasteiger charge is 2.26. The minimum Gasteiger partial charge on any atom is -0.308 e. The van der Waals surface area contributed by atoms with Crippen molar-refractivity contribution in [2.45, 2.75) is 0 Å². The van der Waals surface area contributed by atoms with Crippen LogP contribution in [0.1, 0.15) is 22.3 Å². The Hall–Kier alpha value is -11.3. The third kappa shape index (κ3) is 8.11. The van der Waals surface area contributed by atoms with Gasteiger partial charge in [-0.25, -0.2) is 24.6 Å². The van der Waals surface area contributed by atoms with Crippen molar-refractivity contribution in [3.05, 3.63) is 239 Å². The summed E-state index contributed by atoms with van der Waals surface area (Å²) in [5.41, 5.74) is 11.9. The van der Waals surface area contributed by atoms with E-state index in [4.69, 9.17) is 28.1 Å². The van der Waals surface area contributed by atoms with Gasteiger partial charge < -0.3 is 4.57 Å². The quantitative estimate of drug-likeness (QED) is 0.138. The van der Waals surface area contributed by atoms with Crippen molar-refractivity contribution in [3.8, 4) is 109 Å². The normalized spacial score (nSPS) is 10.7. The Bertz CT molecular complexity index is 4070. The van der Waals surface area contributed by atoms with E-state index in [-0.39, 0.29) is 16.8 Å². The van der Waals surface area contributed by atoms with Gasteiger partial charge in [0, 0.05) is 49.7 Å². The van der Waals surface area contributed by atoms with Crippen LogP contribution in [0.4, 0.5) is 11.4 Å². The summed E-state index contributed by atoms with van der Waals surface area (Å²) in [4.78, 5) is 22.6. The smallest absolute Gasteiger partial charge is 0.188 e. The van der Waals surface area contributed by atoms with E-state index in [1.54, 1.807) is 48.5 Å². The molecule has 0 aliphatic carbocycles. The van der Waals surface area contributed by atoms with Crippen molar-refractivity contribution in [3.63, 3.8) is 0 Å². The molecule has 2 aromatic heterocycles. The van der Waals surface area contributed by atoms with E-state index in [1.807, 2.05) is 133 Å². The molecule has 11 rings (SSSR count). The summed E-state index contributed by atoms with van der Waals surface area (Å²) < 4.78 is 2.13. The molecule has 0 unspecified atom stereocenters. The predicted molar refractivity (Wildman–Crippen MR) is 284 cm³/mol. The van der Waals surface area contributed by atoms with E-state index in [9.17, 15) is 21.0 Å². The number of rotatable bonds is 8. The zero-order valence-electron chi connectivity index (χ0n) is 38.4. The van der Waals surface area contributed by atoms with Gasteiger partial charge in [0.25, 0.3) is 0 Å². The Morgan fingerprint density at radius 2 is 0.822 bits per heavy atom.